The molecule has 0 saturated carbocycles. The van der Waals surface area contributed by atoms with Crippen LogP contribution in [-0.2, 0) is 4.79 Å². The first-order chi connectivity index (χ1) is 7.65. The topological polar surface area (TPSA) is 17.1 Å². The molecular formula is C15H22O. The van der Waals surface area contributed by atoms with Gasteiger partial charge in [0.1, 0.15) is 0 Å². The summed E-state index contributed by atoms with van der Waals surface area (Å²) in [6.45, 7) is 6.45. The molecule has 1 nitrogen and oxygen atoms in total. The van der Waals surface area contributed by atoms with E-state index in [1.807, 2.05) is 6.92 Å². The number of allylic oxidation sites excluding steroid dienone is 4. The lowest BCUT2D eigenvalue weighted by molar-refractivity contribution is -0.117. The van der Waals surface area contributed by atoms with E-state index in [1.165, 1.54) is 30.4 Å². The molecule has 0 bridgehead atoms. The molecule has 0 amide bonds. The lowest BCUT2D eigenvalue weighted by Gasteiger charge is -2.30. The second kappa shape index (κ2) is 4.57. The monoisotopic (exact) mass is 218 g/mol. The summed E-state index contributed by atoms with van der Waals surface area (Å²) in [6, 6.07) is 0. The molecule has 0 radical (unpaired) electrons. The normalized spacial score (nSPS) is 29.4. The second-order valence-electron chi connectivity index (χ2n) is 5.28. The maximum absolute atomic E-state index is 12.0. The fraction of sp³-hybridized carbons (Fsp3) is 0.667. The molecule has 0 aromatic carbocycles. The van der Waals surface area contributed by atoms with Gasteiger partial charge in [0.05, 0.1) is 0 Å². The molecule has 0 saturated heterocycles. The van der Waals surface area contributed by atoms with Gasteiger partial charge in [0.25, 0.3) is 0 Å². The third-order valence-corrected chi connectivity index (χ3v) is 4.32. The average molecular weight is 218 g/mol. The molecule has 2 aliphatic carbocycles. The zero-order valence-electron chi connectivity index (χ0n) is 10.7. The maximum Gasteiger partial charge on any atom is 0.159 e. The van der Waals surface area contributed by atoms with Crippen LogP contribution in [0.3, 0.4) is 0 Å². The Labute approximate surface area is 98.6 Å². The van der Waals surface area contributed by atoms with Crippen LogP contribution in [0, 0.1) is 11.8 Å². The lowest BCUT2D eigenvalue weighted by Crippen LogP contribution is -2.25. The Hall–Kier alpha value is -0.850. The van der Waals surface area contributed by atoms with Gasteiger partial charge in [-0.3, -0.25) is 4.79 Å². The Balaban J connectivity index is 2.24. The molecular weight excluding hydrogens is 196 g/mol. The van der Waals surface area contributed by atoms with Crippen molar-refractivity contribution in [2.24, 2.45) is 11.8 Å². The highest BCUT2D eigenvalue weighted by molar-refractivity contribution is 5.97. The van der Waals surface area contributed by atoms with Crippen molar-refractivity contribution in [3.63, 3.8) is 0 Å². The van der Waals surface area contributed by atoms with Gasteiger partial charge in [-0.1, -0.05) is 30.6 Å². The van der Waals surface area contributed by atoms with E-state index in [0.717, 1.165) is 18.4 Å². The number of carbonyl (C=O) groups excluding carboxylic acids is 1. The lowest BCUT2D eigenvalue weighted by atomic mass is 9.73. The zero-order valence-corrected chi connectivity index (χ0v) is 10.7. The summed E-state index contributed by atoms with van der Waals surface area (Å²) >= 11 is 0. The number of rotatable bonds is 3. The highest BCUT2D eigenvalue weighted by atomic mass is 16.1. The standard InChI is InChI=1S/C15H22O/c1-4-5-6-12-11(3)15(16)9-14-10(2)7-8-13(12)14/h7,13-14H,4-6,8-9H2,1-3H3/t13-,14+/m1/s1. The van der Waals surface area contributed by atoms with Gasteiger partial charge in [-0.2, -0.15) is 0 Å². The molecule has 0 fully saturated rings. The van der Waals surface area contributed by atoms with E-state index in [9.17, 15) is 4.79 Å². The third-order valence-electron chi connectivity index (χ3n) is 4.32. The number of ketones is 1. The Kier molecular flexibility index (Phi) is 3.32. The predicted molar refractivity (Wildman–Crippen MR) is 67.2 cm³/mol. The number of hydrogen-bond acceptors (Lipinski definition) is 1. The summed E-state index contributed by atoms with van der Waals surface area (Å²) in [6.07, 6.45) is 7.84. The van der Waals surface area contributed by atoms with Crippen molar-refractivity contribution >= 4 is 5.78 Å². The minimum absolute atomic E-state index is 0.391. The maximum atomic E-state index is 12.0. The van der Waals surface area contributed by atoms with E-state index in [1.54, 1.807) is 0 Å². The van der Waals surface area contributed by atoms with Gasteiger partial charge in [0, 0.05) is 6.42 Å². The van der Waals surface area contributed by atoms with E-state index in [4.69, 9.17) is 0 Å². The molecule has 2 atom stereocenters. The summed E-state index contributed by atoms with van der Waals surface area (Å²) in [5.41, 5.74) is 3.99. The van der Waals surface area contributed by atoms with Crippen LogP contribution in [-0.4, -0.2) is 5.78 Å². The van der Waals surface area contributed by atoms with Gasteiger partial charge in [0.15, 0.2) is 5.78 Å². The van der Waals surface area contributed by atoms with Crippen LogP contribution < -0.4 is 0 Å². The fourth-order valence-corrected chi connectivity index (χ4v) is 3.18. The van der Waals surface area contributed by atoms with Gasteiger partial charge < -0.3 is 0 Å². The van der Waals surface area contributed by atoms with E-state index in [0.29, 0.717) is 17.6 Å². The van der Waals surface area contributed by atoms with Crippen LogP contribution in [0.5, 0.6) is 0 Å². The minimum atomic E-state index is 0.391. The Morgan fingerprint density at radius 3 is 2.75 bits per heavy atom. The Morgan fingerprint density at radius 2 is 2.06 bits per heavy atom. The number of unbranched alkanes of at least 4 members (excludes halogenated alkanes) is 1. The molecule has 0 N–H and O–H groups in total. The minimum Gasteiger partial charge on any atom is -0.295 e. The van der Waals surface area contributed by atoms with Crippen LogP contribution in [0.25, 0.3) is 0 Å². The van der Waals surface area contributed by atoms with Crippen molar-refractivity contribution in [1.82, 2.24) is 0 Å². The van der Waals surface area contributed by atoms with Crippen LogP contribution >= 0.6 is 0 Å². The largest absolute Gasteiger partial charge is 0.295 e. The van der Waals surface area contributed by atoms with E-state index in [-0.39, 0.29) is 0 Å². The fourth-order valence-electron chi connectivity index (χ4n) is 3.18. The van der Waals surface area contributed by atoms with Crippen molar-refractivity contribution < 1.29 is 4.79 Å². The van der Waals surface area contributed by atoms with Crippen LogP contribution in [0.1, 0.15) is 52.9 Å². The summed E-state index contributed by atoms with van der Waals surface area (Å²) in [5, 5.41) is 0. The number of carbonyl (C=O) groups is 1. The van der Waals surface area contributed by atoms with Crippen molar-refractivity contribution in [2.75, 3.05) is 0 Å². The van der Waals surface area contributed by atoms with E-state index in [2.05, 4.69) is 19.9 Å². The summed E-state index contributed by atoms with van der Waals surface area (Å²) < 4.78 is 0. The first-order valence-electron chi connectivity index (χ1n) is 6.54. The Morgan fingerprint density at radius 1 is 1.31 bits per heavy atom. The van der Waals surface area contributed by atoms with Crippen molar-refractivity contribution in [2.45, 2.75) is 52.9 Å². The Bertz CT molecular complexity index is 360. The highest BCUT2D eigenvalue weighted by Gasteiger charge is 2.36. The van der Waals surface area contributed by atoms with Crippen LogP contribution in [0.4, 0.5) is 0 Å². The number of hydrogen-bond donors (Lipinski definition) is 0. The van der Waals surface area contributed by atoms with Crippen molar-refractivity contribution in [3.8, 4) is 0 Å². The highest BCUT2D eigenvalue weighted by Crippen LogP contribution is 2.45. The molecule has 88 valence electrons. The quantitative estimate of drug-likeness (QED) is 0.653. The van der Waals surface area contributed by atoms with E-state index >= 15 is 0 Å². The molecule has 16 heavy (non-hydrogen) atoms. The predicted octanol–water partition coefficient (Wildman–Crippen LogP) is 4.05. The molecule has 1 heteroatoms. The molecule has 0 spiro atoms. The molecule has 2 rings (SSSR count). The molecule has 0 aromatic rings. The summed E-state index contributed by atoms with van der Waals surface area (Å²) in [4.78, 5) is 12.0. The van der Waals surface area contributed by atoms with Crippen LogP contribution in [0.15, 0.2) is 22.8 Å². The molecule has 2 aliphatic rings. The van der Waals surface area contributed by atoms with Crippen molar-refractivity contribution in [3.05, 3.63) is 22.8 Å². The van der Waals surface area contributed by atoms with Crippen LogP contribution in [0.2, 0.25) is 0 Å². The third kappa shape index (κ3) is 1.88. The number of fused-ring (bicyclic) bond motifs is 1. The summed E-state index contributed by atoms with van der Waals surface area (Å²) in [5.74, 6) is 1.58. The van der Waals surface area contributed by atoms with E-state index < -0.39 is 0 Å². The number of Topliss-reactive ketones (excluding diaryl/α,β-unsaturated/α-hetero) is 1. The van der Waals surface area contributed by atoms with Gasteiger partial charge in [0.2, 0.25) is 0 Å². The average Bonchev–Trinajstić information content (AvgIpc) is 2.61. The molecule has 0 aromatic heterocycles. The smallest absolute Gasteiger partial charge is 0.159 e. The molecule has 0 heterocycles. The van der Waals surface area contributed by atoms with Gasteiger partial charge >= 0.3 is 0 Å². The summed E-state index contributed by atoms with van der Waals surface area (Å²) in [7, 11) is 0. The van der Waals surface area contributed by atoms with Crippen molar-refractivity contribution in [1.29, 1.82) is 0 Å². The van der Waals surface area contributed by atoms with Gasteiger partial charge in [-0.05, 0) is 50.5 Å². The molecule has 0 unspecified atom stereocenters. The second-order valence-corrected chi connectivity index (χ2v) is 5.28. The first kappa shape index (κ1) is 11.6. The van der Waals surface area contributed by atoms with Gasteiger partial charge in [-0.15, -0.1) is 0 Å². The zero-order chi connectivity index (χ0) is 11.7. The first-order valence-corrected chi connectivity index (χ1v) is 6.54. The SMILES string of the molecule is CCCCC1=C(C)C(=O)C[C@H]2C(C)=CC[C@H]12. The molecule has 0 aliphatic heterocycles. The van der Waals surface area contributed by atoms with Gasteiger partial charge in [-0.25, -0.2) is 0 Å².